The molecule has 0 N–H and O–H groups in total. The first-order chi connectivity index (χ1) is 13.8. The molecule has 1 fully saturated rings. The van der Waals surface area contributed by atoms with Crippen molar-refractivity contribution < 1.29 is 23.8 Å². The second kappa shape index (κ2) is 10.7. The average Bonchev–Trinajstić information content (AvgIpc) is 2.70. The molecule has 0 amide bonds. The molecule has 2 rings (SSSR count). The van der Waals surface area contributed by atoms with Gasteiger partial charge in [-0.15, -0.1) is 0 Å². The molecule has 0 saturated heterocycles. The lowest BCUT2D eigenvalue weighted by molar-refractivity contribution is -0.165. The minimum absolute atomic E-state index is 0.157. The normalized spacial score (nSPS) is 21.9. The third-order valence-electron chi connectivity index (χ3n) is 5.33. The Bertz CT molecular complexity index is 775. The largest absolute Gasteiger partial charge is 0.497 e. The van der Waals surface area contributed by atoms with Crippen LogP contribution in [0.5, 0.6) is 5.75 Å². The molecule has 0 heterocycles. The lowest BCUT2D eigenvalue weighted by atomic mass is 9.75. The predicted octanol–water partition coefficient (Wildman–Crippen LogP) is 4.15. The molecule has 1 aromatic carbocycles. The monoisotopic (exact) mass is 399 g/mol. The van der Waals surface area contributed by atoms with E-state index in [0.717, 1.165) is 19.3 Å². The van der Waals surface area contributed by atoms with Crippen molar-refractivity contribution in [1.82, 2.24) is 0 Å². The van der Waals surface area contributed by atoms with Gasteiger partial charge in [0, 0.05) is 0 Å². The van der Waals surface area contributed by atoms with Crippen LogP contribution in [0.15, 0.2) is 29.8 Å². The van der Waals surface area contributed by atoms with Crippen molar-refractivity contribution in [2.75, 3.05) is 13.7 Å². The van der Waals surface area contributed by atoms with Gasteiger partial charge in [-0.25, -0.2) is 9.59 Å². The third-order valence-corrected chi connectivity index (χ3v) is 5.33. The Labute approximate surface area is 172 Å². The van der Waals surface area contributed by atoms with Crippen LogP contribution in [0.4, 0.5) is 0 Å². The zero-order valence-corrected chi connectivity index (χ0v) is 17.5. The fourth-order valence-electron chi connectivity index (χ4n) is 3.66. The first kappa shape index (κ1) is 22.5. The Morgan fingerprint density at radius 3 is 2.52 bits per heavy atom. The molecule has 3 unspecified atom stereocenters. The van der Waals surface area contributed by atoms with Crippen LogP contribution in [0.1, 0.15) is 45.6 Å². The molecule has 1 aliphatic carbocycles. The number of esters is 2. The molecule has 1 aromatic rings. The van der Waals surface area contributed by atoms with Gasteiger partial charge in [-0.1, -0.05) is 39.3 Å². The maximum atomic E-state index is 12.2. The molecule has 0 spiro atoms. The molecule has 156 valence electrons. The Hall–Kier alpha value is -2.81. The number of methoxy groups -OCH3 is 1. The van der Waals surface area contributed by atoms with Gasteiger partial charge >= 0.3 is 11.9 Å². The van der Waals surface area contributed by atoms with Crippen LogP contribution in [-0.4, -0.2) is 31.8 Å². The van der Waals surface area contributed by atoms with Gasteiger partial charge in [0.25, 0.3) is 0 Å². The van der Waals surface area contributed by atoms with Gasteiger partial charge in [-0.05, 0) is 54.4 Å². The van der Waals surface area contributed by atoms with E-state index in [-0.39, 0.29) is 11.7 Å². The van der Waals surface area contributed by atoms with Crippen LogP contribution in [0.2, 0.25) is 0 Å². The lowest BCUT2D eigenvalue weighted by Crippen LogP contribution is -2.36. The van der Waals surface area contributed by atoms with E-state index in [1.165, 1.54) is 6.08 Å². The Morgan fingerprint density at radius 1 is 1.24 bits per heavy atom. The van der Waals surface area contributed by atoms with E-state index < -0.39 is 18.5 Å². The van der Waals surface area contributed by atoms with Gasteiger partial charge in [0.2, 0.25) is 0 Å². The van der Waals surface area contributed by atoms with E-state index in [1.807, 2.05) is 6.07 Å². The summed E-state index contributed by atoms with van der Waals surface area (Å²) in [7, 11) is 1.55. The van der Waals surface area contributed by atoms with Crippen LogP contribution >= 0.6 is 0 Å². The van der Waals surface area contributed by atoms with Gasteiger partial charge in [-0.2, -0.15) is 5.26 Å². The first-order valence-corrected chi connectivity index (χ1v) is 9.96. The quantitative estimate of drug-likeness (QED) is 0.389. The maximum Gasteiger partial charge on any atom is 0.349 e. The summed E-state index contributed by atoms with van der Waals surface area (Å²) in [6.45, 7) is 5.91. The summed E-state index contributed by atoms with van der Waals surface area (Å²) in [6.07, 6.45) is 4.23. The highest BCUT2D eigenvalue weighted by Gasteiger charge is 2.33. The molecule has 3 atom stereocenters. The summed E-state index contributed by atoms with van der Waals surface area (Å²) in [5.41, 5.74) is 0.465. The second-order valence-electron chi connectivity index (χ2n) is 7.87. The summed E-state index contributed by atoms with van der Waals surface area (Å²) in [4.78, 5) is 24.4. The Balaban J connectivity index is 1.92. The highest BCUT2D eigenvalue weighted by Crippen LogP contribution is 2.35. The van der Waals surface area contributed by atoms with E-state index in [4.69, 9.17) is 14.2 Å². The fourth-order valence-corrected chi connectivity index (χ4v) is 3.66. The molecule has 0 aromatic heterocycles. The summed E-state index contributed by atoms with van der Waals surface area (Å²) < 4.78 is 15.7. The van der Waals surface area contributed by atoms with E-state index in [9.17, 15) is 14.9 Å². The molecule has 0 radical (unpaired) electrons. The number of rotatable bonds is 7. The van der Waals surface area contributed by atoms with Crippen LogP contribution < -0.4 is 4.74 Å². The van der Waals surface area contributed by atoms with E-state index >= 15 is 0 Å². The maximum absolute atomic E-state index is 12.2. The topological polar surface area (TPSA) is 85.6 Å². The standard InChI is InChI=1S/C23H29NO5/c1-15(2)20-10-5-16(3)11-21(20)29-22(25)14-28-23(26)18(13-24)12-17-6-8-19(27-4)9-7-17/h6-9,12,15-16,20-21H,5,10-11,14H2,1-4H3/b18-12-. The van der Waals surface area contributed by atoms with Crippen molar-refractivity contribution in [3.63, 3.8) is 0 Å². The lowest BCUT2D eigenvalue weighted by Gasteiger charge is -2.36. The number of carbonyl (C=O) groups is 2. The molecule has 6 nitrogen and oxygen atoms in total. The Kier molecular flexibility index (Phi) is 8.26. The third kappa shape index (κ3) is 6.63. The molecule has 1 saturated carbocycles. The summed E-state index contributed by atoms with van der Waals surface area (Å²) in [5.74, 6) is 0.476. The minimum Gasteiger partial charge on any atom is -0.497 e. The van der Waals surface area contributed by atoms with Crippen molar-refractivity contribution in [3.05, 3.63) is 35.4 Å². The zero-order chi connectivity index (χ0) is 21.4. The number of nitriles is 1. The molecule has 0 bridgehead atoms. The van der Waals surface area contributed by atoms with E-state index in [2.05, 4.69) is 20.8 Å². The molecular weight excluding hydrogens is 370 g/mol. The van der Waals surface area contributed by atoms with Crippen LogP contribution in [-0.2, 0) is 19.1 Å². The molecule has 6 heteroatoms. The SMILES string of the molecule is COc1ccc(/C=C(/C#N)C(=O)OCC(=O)OC2CC(C)CCC2C(C)C)cc1. The van der Waals surface area contributed by atoms with Crippen LogP contribution in [0.3, 0.4) is 0 Å². The van der Waals surface area contributed by atoms with Crippen molar-refractivity contribution in [3.8, 4) is 11.8 Å². The van der Waals surface area contributed by atoms with Gasteiger partial charge in [0.05, 0.1) is 7.11 Å². The van der Waals surface area contributed by atoms with Crippen LogP contribution in [0.25, 0.3) is 6.08 Å². The average molecular weight is 399 g/mol. The predicted molar refractivity (Wildman–Crippen MR) is 109 cm³/mol. The first-order valence-electron chi connectivity index (χ1n) is 9.96. The van der Waals surface area contributed by atoms with Crippen molar-refractivity contribution in [2.24, 2.45) is 17.8 Å². The summed E-state index contributed by atoms with van der Waals surface area (Å²) in [5, 5.41) is 9.25. The fraction of sp³-hybridized carbons (Fsp3) is 0.522. The van der Waals surface area contributed by atoms with Crippen LogP contribution in [0, 0.1) is 29.1 Å². The number of carbonyl (C=O) groups excluding carboxylic acids is 2. The van der Waals surface area contributed by atoms with Gasteiger partial charge in [-0.3, -0.25) is 0 Å². The molecule has 0 aliphatic heterocycles. The summed E-state index contributed by atoms with van der Waals surface area (Å²) in [6, 6.07) is 8.69. The van der Waals surface area contributed by atoms with Crippen molar-refractivity contribution in [1.29, 1.82) is 5.26 Å². The van der Waals surface area contributed by atoms with E-state index in [1.54, 1.807) is 31.4 Å². The highest BCUT2D eigenvalue weighted by molar-refractivity contribution is 5.98. The molecule has 1 aliphatic rings. The highest BCUT2D eigenvalue weighted by atomic mass is 16.6. The molecule has 29 heavy (non-hydrogen) atoms. The smallest absolute Gasteiger partial charge is 0.349 e. The number of nitrogens with zero attached hydrogens (tertiary/aromatic N) is 1. The second-order valence-corrected chi connectivity index (χ2v) is 7.87. The van der Waals surface area contributed by atoms with Gasteiger partial charge in [0.1, 0.15) is 23.5 Å². The number of ether oxygens (including phenoxy) is 3. The van der Waals surface area contributed by atoms with E-state index in [0.29, 0.717) is 29.1 Å². The van der Waals surface area contributed by atoms with Gasteiger partial charge in [0.15, 0.2) is 6.61 Å². The number of hydrogen-bond acceptors (Lipinski definition) is 6. The summed E-state index contributed by atoms with van der Waals surface area (Å²) >= 11 is 0. The van der Waals surface area contributed by atoms with Crippen molar-refractivity contribution in [2.45, 2.75) is 46.1 Å². The van der Waals surface area contributed by atoms with Crippen molar-refractivity contribution >= 4 is 18.0 Å². The zero-order valence-electron chi connectivity index (χ0n) is 17.5. The van der Waals surface area contributed by atoms with Gasteiger partial charge < -0.3 is 14.2 Å². The number of benzene rings is 1. The molecular formula is C23H29NO5. The minimum atomic E-state index is -0.849. The number of hydrogen-bond donors (Lipinski definition) is 0. The Morgan fingerprint density at radius 2 is 1.93 bits per heavy atom.